The predicted molar refractivity (Wildman–Crippen MR) is 78.0 cm³/mol. The molecule has 1 unspecified atom stereocenters. The Labute approximate surface area is 127 Å². The van der Waals surface area contributed by atoms with Gasteiger partial charge in [0.1, 0.15) is 12.6 Å². The van der Waals surface area contributed by atoms with Crippen molar-refractivity contribution < 1.29 is 19.4 Å². The Bertz CT molecular complexity index is 599. The molecule has 2 N–H and O–H groups in total. The Balaban J connectivity index is 1.79. The van der Waals surface area contributed by atoms with E-state index in [9.17, 15) is 9.59 Å². The molecule has 0 fully saturated rings. The number of carboxylic acid groups (broad SMARTS) is 1. The zero-order chi connectivity index (χ0) is 15.8. The zero-order valence-electron chi connectivity index (χ0n) is 11.9. The average Bonchev–Trinajstić information content (AvgIpc) is 3.03. The fourth-order valence-electron chi connectivity index (χ4n) is 1.86. The first kappa shape index (κ1) is 15.6. The van der Waals surface area contributed by atoms with Crippen LogP contribution in [0.2, 0.25) is 0 Å². The average molecular weight is 303 g/mol. The summed E-state index contributed by atoms with van der Waals surface area (Å²) in [5, 5.41) is 15.5. The van der Waals surface area contributed by atoms with Crippen molar-refractivity contribution in [3.8, 4) is 0 Å². The normalized spacial score (nSPS) is 11.6. The van der Waals surface area contributed by atoms with Crippen molar-refractivity contribution in [1.29, 1.82) is 0 Å². The number of amides is 1. The van der Waals surface area contributed by atoms with Crippen molar-refractivity contribution in [2.45, 2.75) is 25.6 Å². The monoisotopic (exact) mass is 303 g/mol. The zero-order valence-corrected chi connectivity index (χ0v) is 11.9. The third kappa shape index (κ3) is 4.93. The van der Waals surface area contributed by atoms with E-state index in [0.717, 1.165) is 5.56 Å². The van der Waals surface area contributed by atoms with Crippen LogP contribution in [0.1, 0.15) is 12.0 Å². The maximum Gasteiger partial charge on any atom is 0.408 e. The van der Waals surface area contributed by atoms with Gasteiger partial charge in [0.05, 0.1) is 0 Å². The largest absolute Gasteiger partial charge is 0.480 e. The SMILES string of the molecule is O=C(NC(CCn1cccn1)C(=O)O)OCc1ccccc1. The van der Waals surface area contributed by atoms with Crippen LogP contribution in [0.3, 0.4) is 0 Å². The van der Waals surface area contributed by atoms with Crippen molar-refractivity contribution in [3.05, 3.63) is 54.4 Å². The van der Waals surface area contributed by atoms with Crippen molar-refractivity contribution in [2.24, 2.45) is 0 Å². The molecule has 0 aliphatic carbocycles. The van der Waals surface area contributed by atoms with E-state index >= 15 is 0 Å². The summed E-state index contributed by atoms with van der Waals surface area (Å²) in [6.45, 7) is 0.487. The second kappa shape index (κ2) is 7.82. The van der Waals surface area contributed by atoms with Crippen LogP contribution >= 0.6 is 0 Å². The minimum absolute atomic E-state index is 0.0954. The molecule has 7 nitrogen and oxygen atoms in total. The molecule has 1 atom stereocenters. The Hall–Kier alpha value is -2.83. The molecule has 0 aliphatic rings. The fourth-order valence-corrected chi connectivity index (χ4v) is 1.86. The van der Waals surface area contributed by atoms with Gasteiger partial charge in [0.25, 0.3) is 0 Å². The molecule has 0 aliphatic heterocycles. The van der Waals surface area contributed by atoms with E-state index in [1.54, 1.807) is 23.1 Å². The number of nitrogens with zero attached hydrogens (tertiary/aromatic N) is 2. The molecular weight excluding hydrogens is 286 g/mol. The molecule has 7 heteroatoms. The van der Waals surface area contributed by atoms with Crippen molar-refractivity contribution in [2.75, 3.05) is 0 Å². The number of nitrogens with one attached hydrogen (secondary N) is 1. The van der Waals surface area contributed by atoms with E-state index in [2.05, 4.69) is 10.4 Å². The lowest BCUT2D eigenvalue weighted by Crippen LogP contribution is -2.41. The molecule has 0 saturated carbocycles. The highest BCUT2D eigenvalue weighted by Crippen LogP contribution is 2.02. The highest BCUT2D eigenvalue weighted by atomic mass is 16.5. The van der Waals surface area contributed by atoms with Crippen molar-refractivity contribution >= 4 is 12.1 Å². The molecule has 22 heavy (non-hydrogen) atoms. The smallest absolute Gasteiger partial charge is 0.408 e. The molecule has 1 aromatic carbocycles. The van der Waals surface area contributed by atoms with Gasteiger partial charge in [-0.25, -0.2) is 9.59 Å². The lowest BCUT2D eigenvalue weighted by molar-refractivity contribution is -0.139. The van der Waals surface area contributed by atoms with Gasteiger partial charge in [-0.15, -0.1) is 0 Å². The van der Waals surface area contributed by atoms with Crippen molar-refractivity contribution in [1.82, 2.24) is 15.1 Å². The topological polar surface area (TPSA) is 93.5 Å². The number of aliphatic carboxylic acids is 1. The van der Waals surface area contributed by atoms with Gasteiger partial charge in [-0.2, -0.15) is 5.10 Å². The minimum atomic E-state index is -1.11. The molecule has 0 saturated heterocycles. The van der Waals surface area contributed by atoms with Gasteiger partial charge >= 0.3 is 12.1 Å². The van der Waals surface area contributed by atoms with Crippen LogP contribution in [0.15, 0.2) is 48.8 Å². The van der Waals surface area contributed by atoms with E-state index in [4.69, 9.17) is 9.84 Å². The van der Waals surface area contributed by atoms with Gasteiger partial charge in [0.2, 0.25) is 0 Å². The predicted octanol–water partition coefficient (Wildman–Crippen LogP) is 1.65. The summed E-state index contributed by atoms with van der Waals surface area (Å²) >= 11 is 0. The Kier molecular flexibility index (Phi) is 5.53. The maximum absolute atomic E-state index is 11.7. The summed E-state index contributed by atoms with van der Waals surface area (Å²) in [6.07, 6.45) is 2.80. The summed E-state index contributed by atoms with van der Waals surface area (Å²) < 4.78 is 6.61. The quantitative estimate of drug-likeness (QED) is 0.811. The third-order valence-corrected chi connectivity index (χ3v) is 3.01. The van der Waals surface area contributed by atoms with Crippen LogP contribution < -0.4 is 5.32 Å². The highest BCUT2D eigenvalue weighted by Gasteiger charge is 2.20. The van der Waals surface area contributed by atoms with Gasteiger partial charge < -0.3 is 15.2 Å². The van der Waals surface area contributed by atoms with E-state index in [1.165, 1.54) is 0 Å². The van der Waals surface area contributed by atoms with Crippen LogP contribution in [-0.2, 0) is 22.7 Å². The summed E-state index contributed by atoms with van der Waals surface area (Å²) in [5.41, 5.74) is 0.834. The maximum atomic E-state index is 11.7. The minimum Gasteiger partial charge on any atom is -0.480 e. The van der Waals surface area contributed by atoms with Crippen LogP contribution in [-0.4, -0.2) is 33.0 Å². The molecule has 0 spiro atoms. The number of rotatable bonds is 7. The second-order valence-corrected chi connectivity index (χ2v) is 4.65. The van der Waals surface area contributed by atoms with E-state index in [0.29, 0.717) is 6.54 Å². The first-order chi connectivity index (χ1) is 10.6. The molecule has 1 heterocycles. The number of hydrogen-bond acceptors (Lipinski definition) is 4. The van der Waals surface area contributed by atoms with E-state index in [-0.39, 0.29) is 13.0 Å². The molecule has 116 valence electrons. The van der Waals surface area contributed by atoms with Gasteiger partial charge in [-0.1, -0.05) is 30.3 Å². The van der Waals surface area contributed by atoms with Crippen LogP contribution in [0.4, 0.5) is 4.79 Å². The number of carboxylic acids is 1. The van der Waals surface area contributed by atoms with Crippen LogP contribution in [0.25, 0.3) is 0 Å². The van der Waals surface area contributed by atoms with Gasteiger partial charge in [0.15, 0.2) is 0 Å². The van der Waals surface area contributed by atoms with Crippen molar-refractivity contribution in [3.63, 3.8) is 0 Å². The summed E-state index contributed by atoms with van der Waals surface area (Å²) in [7, 11) is 0. The molecule has 2 rings (SSSR count). The standard InChI is InChI=1S/C15H17N3O4/c19-14(20)13(7-10-18-9-4-8-16-18)17-15(21)22-11-12-5-2-1-3-6-12/h1-6,8-9,13H,7,10-11H2,(H,17,21)(H,19,20). The lowest BCUT2D eigenvalue weighted by Gasteiger charge is -2.14. The Morgan fingerprint density at radius 1 is 1.27 bits per heavy atom. The Morgan fingerprint density at radius 3 is 2.68 bits per heavy atom. The molecular formula is C15H17N3O4. The number of ether oxygens (including phenoxy) is 1. The van der Waals surface area contributed by atoms with Gasteiger partial charge in [0, 0.05) is 18.9 Å². The fraction of sp³-hybridized carbons (Fsp3) is 0.267. The second-order valence-electron chi connectivity index (χ2n) is 4.65. The van der Waals surface area contributed by atoms with Crippen LogP contribution in [0.5, 0.6) is 0 Å². The number of carbonyl (C=O) groups excluding carboxylic acids is 1. The van der Waals surface area contributed by atoms with E-state index < -0.39 is 18.1 Å². The summed E-state index contributed by atoms with van der Waals surface area (Å²) in [6, 6.07) is 9.89. The molecule has 2 aromatic rings. The summed E-state index contributed by atoms with van der Waals surface area (Å²) in [5.74, 6) is -1.11. The number of carbonyl (C=O) groups is 2. The summed E-state index contributed by atoms with van der Waals surface area (Å²) in [4.78, 5) is 22.8. The Morgan fingerprint density at radius 2 is 2.05 bits per heavy atom. The molecule has 0 radical (unpaired) electrons. The number of alkyl carbamates (subject to hydrolysis) is 1. The number of aryl methyl sites for hydroxylation is 1. The van der Waals surface area contributed by atoms with Gasteiger partial charge in [-0.05, 0) is 18.1 Å². The molecule has 1 amide bonds. The van der Waals surface area contributed by atoms with E-state index in [1.807, 2.05) is 30.3 Å². The first-order valence-electron chi connectivity index (χ1n) is 6.82. The molecule has 0 bridgehead atoms. The highest BCUT2D eigenvalue weighted by molar-refractivity contribution is 5.79. The third-order valence-electron chi connectivity index (χ3n) is 3.01. The number of benzene rings is 1. The van der Waals surface area contributed by atoms with Crippen LogP contribution in [0, 0.1) is 0 Å². The first-order valence-corrected chi connectivity index (χ1v) is 6.82. The number of hydrogen-bond donors (Lipinski definition) is 2. The lowest BCUT2D eigenvalue weighted by atomic mass is 10.2. The van der Waals surface area contributed by atoms with Gasteiger partial charge in [-0.3, -0.25) is 4.68 Å². The number of aromatic nitrogens is 2. The molecule has 1 aromatic heterocycles.